The van der Waals surface area contributed by atoms with E-state index < -0.39 is 26.4 Å². The Morgan fingerprint density at radius 3 is 2.04 bits per heavy atom. The van der Waals surface area contributed by atoms with Gasteiger partial charge in [-0.05, 0) is 24.6 Å². The quantitative estimate of drug-likeness (QED) is 0.870. The Balaban J connectivity index is 2.10. The van der Waals surface area contributed by atoms with Crippen LogP contribution in [0, 0.1) is 35.0 Å². The second kappa shape index (κ2) is 5.22. The SMILES string of the molecule is Cc1ccc(S(=O)(=O)C2C(c3ccccc3)C2(C#N)C#N)cc1. The summed E-state index contributed by atoms with van der Waals surface area (Å²) in [6.45, 7) is 1.87. The first kappa shape index (κ1) is 15.3. The molecular formula is C18H14N2O2S. The predicted octanol–water partition coefficient (Wildman–Crippen LogP) is 2.97. The maximum Gasteiger partial charge on any atom is 0.184 e. The summed E-state index contributed by atoms with van der Waals surface area (Å²) in [5.41, 5.74) is 0.132. The standard InChI is InChI=1S/C18H14N2O2S/c1-13-7-9-15(10-8-13)23(21,22)17-16(18(17,11-19)12-20)14-5-3-2-4-6-14/h2-10,16-17H,1H3. The Hall–Kier alpha value is -2.63. The van der Waals surface area contributed by atoms with E-state index in [0.29, 0.717) is 5.56 Å². The van der Waals surface area contributed by atoms with Gasteiger partial charge in [-0.15, -0.1) is 0 Å². The monoisotopic (exact) mass is 322 g/mol. The van der Waals surface area contributed by atoms with Crippen molar-refractivity contribution in [3.63, 3.8) is 0 Å². The summed E-state index contributed by atoms with van der Waals surface area (Å²) in [6.07, 6.45) is 0. The van der Waals surface area contributed by atoms with Crippen LogP contribution >= 0.6 is 0 Å². The summed E-state index contributed by atoms with van der Waals surface area (Å²) in [6, 6.07) is 19.3. The summed E-state index contributed by atoms with van der Waals surface area (Å²) in [5.74, 6) is -0.620. The van der Waals surface area contributed by atoms with E-state index in [1.54, 1.807) is 36.4 Å². The molecule has 1 aliphatic carbocycles. The molecule has 2 aromatic carbocycles. The van der Waals surface area contributed by atoms with Crippen molar-refractivity contribution in [3.8, 4) is 12.1 Å². The fraction of sp³-hybridized carbons (Fsp3) is 0.222. The minimum atomic E-state index is -3.76. The van der Waals surface area contributed by atoms with E-state index in [0.717, 1.165) is 5.56 Å². The van der Waals surface area contributed by atoms with Gasteiger partial charge in [0.25, 0.3) is 0 Å². The van der Waals surface area contributed by atoms with Crippen LogP contribution in [0.3, 0.4) is 0 Å². The number of rotatable bonds is 3. The van der Waals surface area contributed by atoms with Gasteiger partial charge < -0.3 is 0 Å². The molecule has 23 heavy (non-hydrogen) atoms. The molecule has 0 saturated heterocycles. The van der Waals surface area contributed by atoms with Gasteiger partial charge in [0.1, 0.15) is 5.25 Å². The van der Waals surface area contributed by atoms with E-state index in [2.05, 4.69) is 0 Å². The molecule has 1 aliphatic rings. The van der Waals surface area contributed by atoms with Crippen LogP contribution in [0.2, 0.25) is 0 Å². The smallest absolute Gasteiger partial charge is 0.184 e. The van der Waals surface area contributed by atoms with Gasteiger partial charge in [0.15, 0.2) is 15.3 Å². The number of benzene rings is 2. The van der Waals surface area contributed by atoms with Crippen LogP contribution in [0.5, 0.6) is 0 Å². The Labute approximate surface area is 135 Å². The molecule has 2 atom stereocenters. The Morgan fingerprint density at radius 1 is 0.957 bits per heavy atom. The fourth-order valence-electron chi connectivity index (χ4n) is 3.04. The number of nitriles is 2. The molecule has 5 heteroatoms. The minimum Gasteiger partial charge on any atom is -0.223 e. The van der Waals surface area contributed by atoms with Crippen LogP contribution in [0.25, 0.3) is 0 Å². The van der Waals surface area contributed by atoms with E-state index in [4.69, 9.17) is 0 Å². The Kier molecular flexibility index (Phi) is 3.47. The zero-order chi connectivity index (χ0) is 16.7. The molecule has 2 aromatic rings. The van der Waals surface area contributed by atoms with Crippen LogP contribution in [0.1, 0.15) is 17.0 Å². The lowest BCUT2D eigenvalue weighted by molar-refractivity contribution is 0.591. The molecule has 0 radical (unpaired) electrons. The maximum absolute atomic E-state index is 12.9. The highest BCUT2D eigenvalue weighted by atomic mass is 32.2. The van der Waals surface area contributed by atoms with Crippen LogP contribution in [-0.2, 0) is 9.84 Å². The fourth-order valence-corrected chi connectivity index (χ4v) is 5.25. The van der Waals surface area contributed by atoms with Crippen LogP contribution in [0.4, 0.5) is 0 Å². The third-order valence-corrected chi connectivity index (χ3v) is 6.59. The largest absolute Gasteiger partial charge is 0.223 e. The van der Waals surface area contributed by atoms with Crippen molar-refractivity contribution in [2.75, 3.05) is 0 Å². The highest BCUT2D eigenvalue weighted by Crippen LogP contribution is 2.63. The highest BCUT2D eigenvalue weighted by molar-refractivity contribution is 7.92. The van der Waals surface area contributed by atoms with Crippen molar-refractivity contribution in [2.45, 2.75) is 23.0 Å². The summed E-state index contributed by atoms with van der Waals surface area (Å²) < 4.78 is 25.8. The topological polar surface area (TPSA) is 81.7 Å². The van der Waals surface area contributed by atoms with E-state index in [1.807, 2.05) is 25.1 Å². The van der Waals surface area contributed by atoms with E-state index >= 15 is 0 Å². The summed E-state index contributed by atoms with van der Waals surface area (Å²) in [4.78, 5) is 0.154. The number of hydrogen-bond acceptors (Lipinski definition) is 4. The second-order valence-electron chi connectivity index (χ2n) is 5.76. The average molecular weight is 322 g/mol. The summed E-state index contributed by atoms with van der Waals surface area (Å²) in [5, 5.41) is 17.9. The highest BCUT2D eigenvalue weighted by Gasteiger charge is 2.73. The molecule has 1 saturated carbocycles. The lowest BCUT2D eigenvalue weighted by Crippen LogP contribution is -2.14. The molecular weight excluding hydrogens is 308 g/mol. The maximum atomic E-state index is 12.9. The molecule has 0 amide bonds. The molecule has 0 heterocycles. The first-order valence-corrected chi connectivity index (χ1v) is 8.70. The first-order valence-electron chi connectivity index (χ1n) is 7.15. The molecule has 114 valence electrons. The summed E-state index contributed by atoms with van der Waals surface area (Å²) >= 11 is 0. The van der Waals surface area contributed by atoms with Crippen LogP contribution in [-0.4, -0.2) is 13.7 Å². The number of sulfone groups is 1. The van der Waals surface area contributed by atoms with Crippen molar-refractivity contribution in [1.29, 1.82) is 10.5 Å². The molecule has 0 aromatic heterocycles. The van der Waals surface area contributed by atoms with Gasteiger partial charge in [0.2, 0.25) is 0 Å². The van der Waals surface area contributed by atoms with Crippen LogP contribution < -0.4 is 0 Å². The lowest BCUT2D eigenvalue weighted by atomic mass is 10.0. The first-order chi connectivity index (χ1) is 11.0. The zero-order valence-corrected chi connectivity index (χ0v) is 13.3. The Morgan fingerprint density at radius 2 is 1.52 bits per heavy atom. The van der Waals surface area contributed by atoms with Crippen molar-refractivity contribution >= 4 is 9.84 Å². The van der Waals surface area contributed by atoms with E-state index in [-0.39, 0.29) is 4.90 Å². The molecule has 3 rings (SSSR count). The molecule has 0 N–H and O–H groups in total. The van der Waals surface area contributed by atoms with E-state index in [1.165, 1.54) is 12.1 Å². The van der Waals surface area contributed by atoms with Crippen molar-refractivity contribution in [3.05, 3.63) is 65.7 Å². The van der Waals surface area contributed by atoms with Gasteiger partial charge in [0.05, 0.1) is 17.0 Å². The predicted molar refractivity (Wildman–Crippen MR) is 85.0 cm³/mol. The van der Waals surface area contributed by atoms with Gasteiger partial charge in [-0.3, -0.25) is 0 Å². The average Bonchev–Trinajstić information content (AvgIpc) is 3.27. The van der Waals surface area contributed by atoms with Gasteiger partial charge in [0, 0.05) is 5.92 Å². The van der Waals surface area contributed by atoms with Gasteiger partial charge in [-0.25, -0.2) is 8.42 Å². The van der Waals surface area contributed by atoms with E-state index in [9.17, 15) is 18.9 Å². The number of nitrogens with zero attached hydrogens (tertiary/aromatic N) is 2. The van der Waals surface area contributed by atoms with Crippen LogP contribution in [0.15, 0.2) is 59.5 Å². The molecule has 1 fully saturated rings. The summed E-state index contributed by atoms with van der Waals surface area (Å²) in [7, 11) is -3.76. The van der Waals surface area contributed by atoms with Gasteiger partial charge in [-0.1, -0.05) is 48.0 Å². The normalized spacial score (nSPS) is 21.9. The zero-order valence-electron chi connectivity index (χ0n) is 12.5. The van der Waals surface area contributed by atoms with Crippen molar-refractivity contribution in [1.82, 2.24) is 0 Å². The molecule has 0 aliphatic heterocycles. The molecule has 2 unspecified atom stereocenters. The van der Waals surface area contributed by atoms with Gasteiger partial charge >= 0.3 is 0 Å². The number of aryl methyl sites for hydroxylation is 1. The molecule has 0 spiro atoms. The molecule has 0 bridgehead atoms. The molecule has 4 nitrogen and oxygen atoms in total. The van der Waals surface area contributed by atoms with Crippen molar-refractivity contribution in [2.24, 2.45) is 5.41 Å². The van der Waals surface area contributed by atoms with Crippen molar-refractivity contribution < 1.29 is 8.42 Å². The third kappa shape index (κ3) is 2.21. The lowest BCUT2D eigenvalue weighted by Gasteiger charge is -2.04. The minimum absolute atomic E-state index is 0.154. The third-order valence-electron chi connectivity index (χ3n) is 4.35. The number of hydrogen-bond donors (Lipinski definition) is 0. The second-order valence-corrected chi connectivity index (χ2v) is 7.83. The van der Waals surface area contributed by atoms with Gasteiger partial charge in [-0.2, -0.15) is 10.5 Å². The Bertz CT molecular complexity index is 906.